The quantitative estimate of drug-likeness (QED) is 0.742. The summed E-state index contributed by atoms with van der Waals surface area (Å²) >= 11 is 3.35. The molecule has 2 rings (SSSR count). The molecule has 0 aliphatic carbocycles. The first-order valence-corrected chi connectivity index (χ1v) is 8.36. The molecule has 0 aromatic carbocycles. The summed E-state index contributed by atoms with van der Waals surface area (Å²) in [6.45, 7) is 8.81. The van der Waals surface area contributed by atoms with Crippen molar-refractivity contribution < 1.29 is 14.3 Å². The predicted molar refractivity (Wildman–Crippen MR) is 89.2 cm³/mol. The Hall–Kier alpha value is -1.57. The van der Waals surface area contributed by atoms with E-state index < -0.39 is 5.60 Å². The minimum absolute atomic E-state index is 0.106. The molecule has 7 nitrogen and oxygen atoms in total. The SMILES string of the molecule is CC1CN(C(=O)c2nn(C)cc2Br)CCN1C(=O)OC(C)(C)C. The van der Waals surface area contributed by atoms with Gasteiger partial charge in [0.15, 0.2) is 5.69 Å². The number of aryl methyl sites for hydroxylation is 1. The summed E-state index contributed by atoms with van der Waals surface area (Å²) in [6, 6.07) is -0.106. The Morgan fingerprint density at radius 1 is 1.35 bits per heavy atom. The van der Waals surface area contributed by atoms with E-state index in [1.165, 1.54) is 0 Å². The lowest BCUT2D eigenvalue weighted by atomic mass is 10.2. The smallest absolute Gasteiger partial charge is 0.410 e. The van der Waals surface area contributed by atoms with Crippen LogP contribution in [0.1, 0.15) is 38.2 Å². The Morgan fingerprint density at radius 3 is 2.48 bits per heavy atom. The van der Waals surface area contributed by atoms with Crippen LogP contribution >= 0.6 is 15.9 Å². The van der Waals surface area contributed by atoms with Gasteiger partial charge in [-0.1, -0.05) is 0 Å². The average molecular weight is 387 g/mol. The van der Waals surface area contributed by atoms with Crippen LogP contribution in [0.5, 0.6) is 0 Å². The van der Waals surface area contributed by atoms with Crippen LogP contribution in [0.4, 0.5) is 4.79 Å². The van der Waals surface area contributed by atoms with Gasteiger partial charge in [0.25, 0.3) is 5.91 Å². The van der Waals surface area contributed by atoms with E-state index in [0.717, 1.165) is 0 Å². The van der Waals surface area contributed by atoms with Crippen molar-refractivity contribution >= 4 is 27.9 Å². The molecule has 0 bridgehead atoms. The molecule has 0 spiro atoms. The van der Waals surface area contributed by atoms with Crippen molar-refractivity contribution in [2.75, 3.05) is 19.6 Å². The Balaban J connectivity index is 2.02. The molecule has 1 atom stereocenters. The number of nitrogens with zero attached hydrogens (tertiary/aromatic N) is 4. The number of ether oxygens (including phenoxy) is 1. The highest BCUT2D eigenvalue weighted by atomic mass is 79.9. The minimum atomic E-state index is -0.525. The molecule has 1 fully saturated rings. The topological polar surface area (TPSA) is 67.7 Å². The first-order chi connectivity index (χ1) is 10.6. The Morgan fingerprint density at radius 2 is 2.00 bits per heavy atom. The minimum Gasteiger partial charge on any atom is -0.444 e. The highest BCUT2D eigenvalue weighted by Gasteiger charge is 2.33. The second-order valence-corrected chi connectivity index (χ2v) is 7.63. The van der Waals surface area contributed by atoms with Gasteiger partial charge in [0.05, 0.1) is 4.47 Å². The van der Waals surface area contributed by atoms with Gasteiger partial charge in [-0.3, -0.25) is 9.48 Å². The summed E-state index contributed by atoms with van der Waals surface area (Å²) in [5, 5.41) is 4.19. The van der Waals surface area contributed by atoms with Crippen molar-refractivity contribution in [3.63, 3.8) is 0 Å². The summed E-state index contributed by atoms with van der Waals surface area (Å²) in [4.78, 5) is 28.2. The monoisotopic (exact) mass is 386 g/mol. The van der Waals surface area contributed by atoms with Crippen molar-refractivity contribution in [2.24, 2.45) is 7.05 Å². The third kappa shape index (κ3) is 4.25. The van der Waals surface area contributed by atoms with E-state index in [9.17, 15) is 9.59 Å². The Labute approximate surface area is 144 Å². The molecule has 128 valence electrons. The molecule has 1 aromatic heterocycles. The van der Waals surface area contributed by atoms with Crippen LogP contribution < -0.4 is 0 Å². The maximum Gasteiger partial charge on any atom is 0.410 e. The molecular formula is C15H23BrN4O3. The number of carbonyl (C=O) groups excluding carboxylic acids is 2. The fourth-order valence-electron chi connectivity index (χ4n) is 2.49. The molecule has 1 aliphatic rings. The molecule has 0 N–H and O–H groups in total. The van der Waals surface area contributed by atoms with E-state index in [1.54, 1.807) is 27.7 Å². The van der Waals surface area contributed by atoms with Gasteiger partial charge in [-0.25, -0.2) is 4.79 Å². The molecule has 1 saturated heterocycles. The van der Waals surface area contributed by atoms with Crippen molar-refractivity contribution in [1.82, 2.24) is 19.6 Å². The zero-order valence-corrected chi connectivity index (χ0v) is 15.8. The lowest BCUT2D eigenvalue weighted by Crippen LogP contribution is -2.56. The van der Waals surface area contributed by atoms with Crippen molar-refractivity contribution in [1.29, 1.82) is 0 Å². The van der Waals surface area contributed by atoms with Crippen LogP contribution in [-0.4, -0.2) is 62.9 Å². The van der Waals surface area contributed by atoms with Gasteiger partial charge in [-0.15, -0.1) is 0 Å². The highest BCUT2D eigenvalue weighted by Crippen LogP contribution is 2.20. The number of rotatable bonds is 1. The fourth-order valence-corrected chi connectivity index (χ4v) is 3.03. The molecule has 2 heterocycles. The maximum atomic E-state index is 12.6. The van der Waals surface area contributed by atoms with E-state index in [4.69, 9.17) is 4.74 Å². The number of aromatic nitrogens is 2. The van der Waals surface area contributed by atoms with Crippen LogP contribution in [0.15, 0.2) is 10.7 Å². The summed E-state index contributed by atoms with van der Waals surface area (Å²) in [6.07, 6.45) is 1.41. The van der Waals surface area contributed by atoms with Crippen LogP contribution in [0.3, 0.4) is 0 Å². The van der Waals surface area contributed by atoms with E-state index >= 15 is 0 Å². The first-order valence-electron chi connectivity index (χ1n) is 7.56. The van der Waals surface area contributed by atoms with Gasteiger partial charge in [0, 0.05) is 38.9 Å². The molecular weight excluding hydrogens is 364 g/mol. The van der Waals surface area contributed by atoms with E-state index in [2.05, 4.69) is 21.0 Å². The van der Waals surface area contributed by atoms with Gasteiger partial charge in [-0.05, 0) is 43.6 Å². The second kappa shape index (κ2) is 6.51. The molecule has 2 amide bonds. The second-order valence-electron chi connectivity index (χ2n) is 6.77. The van der Waals surface area contributed by atoms with Gasteiger partial charge in [0.1, 0.15) is 5.60 Å². The first kappa shape index (κ1) is 17.8. The summed E-state index contributed by atoms with van der Waals surface area (Å²) in [7, 11) is 1.77. The number of amides is 2. The maximum absolute atomic E-state index is 12.6. The Kier molecular flexibility index (Phi) is 5.03. The Bertz CT molecular complexity index is 608. The molecule has 8 heteroatoms. The number of halogens is 1. The number of piperazine rings is 1. The van der Waals surface area contributed by atoms with Gasteiger partial charge in [-0.2, -0.15) is 5.10 Å². The van der Waals surface area contributed by atoms with E-state index in [-0.39, 0.29) is 18.0 Å². The molecule has 23 heavy (non-hydrogen) atoms. The lowest BCUT2D eigenvalue weighted by Gasteiger charge is -2.40. The molecule has 1 unspecified atom stereocenters. The highest BCUT2D eigenvalue weighted by molar-refractivity contribution is 9.10. The number of carbonyl (C=O) groups is 2. The lowest BCUT2D eigenvalue weighted by molar-refractivity contribution is 0.00188. The molecule has 1 aliphatic heterocycles. The van der Waals surface area contributed by atoms with E-state index in [0.29, 0.717) is 29.8 Å². The van der Waals surface area contributed by atoms with Crippen molar-refractivity contribution in [2.45, 2.75) is 39.3 Å². The zero-order valence-electron chi connectivity index (χ0n) is 14.2. The average Bonchev–Trinajstić information content (AvgIpc) is 2.74. The fraction of sp³-hybridized carbons (Fsp3) is 0.667. The standard InChI is InChI=1S/C15H23BrN4O3/c1-10-8-19(13(21)12-11(16)9-18(5)17-12)6-7-20(10)14(22)23-15(2,3)4/h9-10H,6-8H2,1-5H3. The summed E-state index contributed by atoms with van der Waals surface area (Å²) < 4.78 is 7.68. The summed E-state index contributed by atoms with van der Waals surface area (Å²) in [5.74, 6) is -0.131. The zero-order chi connectivity index (χ0) is 17.4. The van der Waals surface area contributed by atoms with Crippen LogP contribution in [-0.2, 0) is 11.8 Å². The molecule has 1 aromatic rings. The van der Waals surface area contributed by atoms with Crippen LogP contribution in [0.2, 0.25) is 0 Å². The van der Waals surface area contributed by atoms with Crippen LogP contribution in [0.25, 0.3) is 0 Å². The largest absolute Gasteiger partial charge is 0.444 e. The molecule has 0 saturated carbocycles. The normalized spacial score (nSPS) is 19.0. The van der Waals surface area contributed by atoms with E-state index in [1.807, 2.05) is 27.7 Å². The molecule has 0 radical (unpaired) electrons. The van der Waals surface area contributed by atoms with Crippen LogP contribution in [0, 0.1) is 0 Å². The van der Waals surface area contributed by atoms with Gasteiger partial charge < -0.3 is 14.5 Å². The third-order valence-electron chi connectivity index (χ3n) is 3.53. The third-order valence-corrected chi connectivity index (χ3v) is 4.11. The van der Waals surface area contributed by atoms with Gasteiger partial charge >= 0.3 is 6.09 Å². The van der Waals surface area contributed by atoms with Gasteiger partial charge in [0.2, 0.25) is 0 Å². The van der Waals surface area contributed by atoms with Crippen molar-refractivity contribution in [3.8, 4) is 0 Å². The van der Waals surface area contributed by atoms with Crippen molar-refractivity contribution in [3.05, 3.63) is 16.4 Å². The number of hydrogen-bond donors (Lipinski definition) is 0. The predicted octanol–water partition coefficient (Wildman–Crippen LogP) is 2.26. The number of hydrogen-bond acceptors (Lipinski definition) is 4. The summed E-state index contributed by atoms with van der Waals surface area (Å²) in [5.41, 5.74) is -0.131.